The van der Waals surface area contributed by atoms with E-state index in [4.69, 9.17) is 5.11 Å². The summed E-state index contributed by atoms with van der Waals surface area (Å²) in [4.78, 5) is 0.162. The molecule has 1 aromatic carbocycles. The zero-order valence-electron chi connectivity index (χ0n) is 9.49. The molecule has 2 aromatic rings. The van der Waals surface area contributed by atoms with Gasteiger partial charge in [-0.15, -0.1) is 10.2 Å². The molecule has 1 aromatic heterocycles. The van der Waals surface area contributed by atoms with Crippen LogP contribution in [0.2, 0.25) is 0 Å². The second-order valence-corrected chi connectivity index (χ2v) is 6.09. The summed E-state index contributed by atoms with van der Waals surface area (Å²) in [6.07, 6.45) is 0. The number of nitrogens with one attached hydrogen (secondary N) is 1. The lowest BCUT2D eigenvalue weighted by Crippen LogP contribution is -2.14. The van der Waals surface area contributed by atoms with Crippen molar-refractivity contribution in [1.29, 1.82) is 0 Å². The summed E-state index contributed by atoms with van der Waals surface area (Å²) >= 11 is 1.11. The van der Waals surface area contributed by atoms with Crippen LogP contribution in [0.25, 0.3) is 0 Å². The van der Waals surface area contributed by atoms with Crippen LogP contribution in [0.4, 0.5) is 5.13 Å². The fraction of sp³-hybridized carbons (Fsp3) is 0.200. The van der Waals surface area contributed by atoms with Gasteiger partial charge in [-0.25, -0.2) is 8.42 Å². The van der Waals surface area contributed by atoms with Crippen LogP contribution in [0.15, 0.2) is 28.6 Å². The van der Waals surface area contributed by atoms with E-state index in [1.165, 1.54) is 11.6 Å². The number of aliphatic hydroxyl groups excluding tert-OH is 1. The predicted molar refractivity (Wildman–Crippen MR) is 67.8 cm³/mol. The minimum absolute atomic E-state index is 0.120. The number of sulfonamides is 1. The van der Waals surface area contributed by atoms with E-state index in [1.807, 2.05) is 0 Å². The Morgan fingerprint density at radius 3 is 2.78 bits per heavy atom. The highest BCUT2D eigenvalue weighted by molar-refractivity contribution is 7.93. The molecule has 0 aliphatic rings. The van der Waals surface area contributed by atoms with E-state index in [-0.39, 0.29) is 16.6 Å². The summed E-state index contributed by atoms with van der Waals surface area (Å²) in [6.45, 7) is 1.55. The molecule has 0 fully saturated rings. The van der Waals surface area contributed by atoms with Crippen molar-refractivity contribution in [2.75, 3.05) is 4.72 Å². The van der Waals surface area contributed by atoms with Crippen LogP contribution in [0.5, 0.6) is 0 Å². The molecule has 0 radical (unpaired) electrons. The lowest BCUT2D eigenvalue weighted by Gasteiger charge is -2.08. The van der Waals surface area contributed by atoms with E-state index < -0.39 is 10.0 Å². The third-order valence-corrected chi connectivity index (χ3v) is 4.53. The molecule has 8 heteroatoms. The van der Waals surface area contributed by atoms with Crippen LogP contribution < -0.4 is 4.72 Å². The van der Waals surface area contributed by atoms with Crippen molar-refractivity contribution in [1.82, 2.24) is 10.2 Å². The predicted octanol–water partition coefficient (Wildman–Crippen LogP) is 1.14. The van der Waals surface area contributed by atoms with Crippen LogP contribution in [-0.4, -0.2) is 23.7 Å². The summed E-state index contributed by atoms with van der Waals surface area (Å²) in [5.74, 6) is 0. The zero-order valence-corrected chi connectivity index (χ0v) is 11.1. The maximum Gasteiger partial charge on any atom is 0.263 e. The minimum Gasteiger partial charge on any atom is -0.392 e. The van der Waals surface area contributed by atoms with Crippen LogP contribution >= 0.6 is 11.3 Å². The van der Waals surface area contributed by atoms with E-state index in [9.17, 15) is 8.42 Å². The molecule has 0 aliphatic carbocycles. The number of nitrogens with zero attached hydrogens (tertiary/aromatic N) is 2. The van der Waals surface area contributed by atoms with Gasteiger partial charge in [-0.1, -0.05) is 23.5 Å². The van der Waals surface area contributed by atoms with Gasteiger partial charge < -0.3 is 5.11 Å². The molecule has 2 N–H and O–H groups in total. The summed E-state index contributed by atoms with van der Waals surface area (Å²) in [7, 11) is -3.66. The Morgan fingerprint density at radius 2 is 2.22 bits per heavy atom. The number of anilines is 1. The third kappa shape index (κ3) is 2.66. The van der Waals surface area contributed by atoms with Gasteiger partial charge in [0.25, 0.3) is 10.0 Å². The molecule has 0 bridgehead atoms. The topological polar surface area (TPSA) is 92.2 Å². The molecule has 0 unspecified atom stereocenters. The quantitative estimate of drug-likeness (QED) is 0.878. The average molecular weight is 285 g/mol. The molecule has 0 saturated heterocycles. The molecule has 0 spiro atoms. The summed E-state index contributed by atoms with van der Waals surface area (Å²) < 4.78 is 26.5. The van der Waals surface area contributed by atoms with Gasteiger partial charge >= 0.3 is 0 Å². The maximum absolute atomic E-state index is 12.1. The second-order valence-electron chi connectivity index (χ2n) is 3.61. The van der Waals surface area contributed by atoms with Crippen molar-refractivity contribution >= 4 is 26.5 Å². The Kier molecular flexibility index (Phi) is 3.60. The van der Waals surface area contributed by atoms with Crippen LogP contribution in [0, 0.1) is 6.92 Å². The minimum atomic E-state index is -3.66. The first-order chi connectivity index (χ1) is 8.53. The highest BCUT2D eigenvalue weighted by Gasteiger charge is 2.18. The molecule has 18 heavy (non-hydrogen) atoms. The molecular formula is C10H11N3O3S2. The molecular weight excluding hydrogens is 274 g/mol. The molecule has 0 saturated carbocycles. The van der Waals surface area contributed by atoms with Gasteiger partial charge in [-0.3, -0.25) is 4.72 Å². The lowest BCUT2D eigenvalue weighted by molar-refractivity contribution is 0.281. The lowest BCUT2D eigenvalue weighted by atomic mass is 10.1. The number of aryl methyl sites for hydroxylation is 1. The van der Waals surface area contributed by atoms with E-state index in [0.717, 1.165) is 11.3 Å². The Labute approximate surface area is 108 Å². The van der Waals surface area contributed by atoms with E-state index in [0.29, 0.717) is 11.1 Å². The molecule has 0 amide bonds. The largest absolute Gasteiger partial charge is 0.392 e. The third-order valence-electron chi connectivity index (χ3n) is 2.29. The summed E-state index contributed by atoms with van der Waals surface area (Å²) in [6, 6.07) is 4.67. The van der Waals surface area contributed by atoms with E-state index in [2.05, 4.69) is 14.9 Å². The standard InChI is InChI=1S/C10H11N3O3S2/c1-7-4-8(5-14)2-3-9(7)18(15,16)13-10-12-11-6-17-10/h2-4,6,14H,5H2,1H3,(H,12,13). The fourth-order valence-corrected chi connectivity index (χ4v) is 3.42. The molecule has 1 heterocycles. The molecule has 0 aliphatic heterocycles. The number of hydrogen-bond acceptors (Lipinski definition) is 6. The van der Waals surface area contributed by atoms with Crippen LogP contribution in [0.1, 0.15) is 11.1 Å². The Morgan fingerprint density at radius 1 is 1.44 bits per heavy atom. The number of aromatic nitrogens is 2. The summed E-state index contributed by atoms with van der Waals surface area (Å²) in [5.41, 5.74) is 2.68. The number of aliphatic hydroxyl groups is 1. The van der Waals surface area contributed by atoms with Crippen molar-refractivity contribution in [3.05, 3.63) is 34.8 Å². The Balaban J connectivity index is 2.35. The van der Waals surface area contributed by atoms with Gasteiger partial charge in [-0.05, 0) is 24.1 Å². The van der Waals surface area contributed by atoms with Crippen molar-refractivity contribution in [3.8, 4) is 0 Å². The van der Waals surface area contributed by atoms with Crippen molar-refractivity contribution in [3.63, 3.8) is 0 Å². The highest BCUT2D eigenvalue weighted by atomic mass is 32.2. The van der Waals surface area contributed by atoms with Gasteiger partial charge in [-0.2, -0.15) is 0 Å². The first-order valence-corrected chi connectivity index (χ1v) is 7.38. The van der Waals surface area contributed by atoms with Crippen LogP contribution in [-0.2, 0) is 16.6 Å². The smallest absolute Gasteiger partial charge is 0.263 e. The SMILES string of the molecule is Cc1cc(CO)ccc1S(=O)(=O)Nc1nncs1. The highest BCUT2D eigenvalue weighted by Crippen LogP contribution is 2.20. The molecule has 96 valence electrons. The Hall–Kier alpha value is -1.51. The zero-order chi connectivity index (χ0) is 13.2. The second kappa shape index (κ2) is 5.01. The molecule has 2 rings (SSSR count). The van der Waals surface area contributed by atoms with Crippen molar-refractivity contribution < 1.29 is 13.5 Å². The molecule has 0 atom stereocenters. The van der Waals surface area contributed by atoms with Gasteiger partial charge in [0.2, 0.25) is 5.13 Å². The normalized spacial score (nSPS) is 11.4. The summed E-state index contributed by atoms with van der Waals surface area (Å²) in [5, 5.41) is 16.4. The molecule has 6 nitrogen and oxygen atoms in total. The maximum atomic E-state index is 12.1. The van der Waals surface area contributed by atoms with E-state index in [1.54, 1.807) is 19.1 Å². The number of rotatable bonds is 4. The van der Waals surface area contributed by atoms with Gasteiger partial charge in [0.05, 0.1) is 11.5 Å². The number of hydrogen-bond donors (Lipinski definition) is 2. The average Bonchev–Trinajstić information content (AvgIpc) is 2.80. The monoisotopic (exact) mass is 285 g/mol. The fourth-order valence-electron chi connectivity index (χ4n) is 1.50. The van der Waals surface area contributed by atoms with Crippen molar-refractivity contribution in [2.45, 2.75) is 18.4 Å². The van der Waals surface area contributed by atoms with Gasteiger partial charge in [0, 0.05) is 0 Å². The van der Waals surface area contributed by atoms with Crippen LogP contribution in [0.3, 0.4) is 0 Å². The number of benzene rings is 1. The first-order valence-electron chi connectivity index (χ1n) is 5.02. The van der Waals surface area contributed by atoms with Gasteiger partial charge in [0.15, 0.2) is 0 Å². The van der Waals surface area contributed by atoms with Crippen molar-refractivity contribution in [2.24, 2.45) is 0 Å². The first kappa shape index (κ1) is 12.9. The Bertz CT molecular complexity index is 638. The van der Waals surface area contributed by atoms with E-state index >= 15 is 0 Å². The van der Waals surface area contributed by atoms with Gasteiger partial charge in [0.1, 0.15) is 5.51 Å².